The Kier molecular flexibility index (Phi) is 6.20. The maximum atomic E-state index is 12.2. The number of ether oxygens (including phenoxy) is 2. The normalized spacial score (nSPS) is 22.1. The van der Waals surface area contributed by atoms with E-state index in [0.717, 1.165) is 18.7 Å². The van der Waals surface area contributed by atoms with Gasteiger partial charge in [-0.15, -0.1) is 0 Å². The summed E-state index contributed by atoms with van der Waals surface area (Å²) >= 11 is 5.96. The summed E-state index contributed by atoms with van der Waals surface area (Å²) in [5.41, 5.74) is 0.973. The maximum absolute atomic E-state index is 12.2. The van der Waals surface area contributed by atoms with Gasteiger partial charge in [-0.2, -0.15) is 0 Å². The molecule has 1 aromatic carbocycles. The first-order valence-electron chi connectivity index (χ1n) is 7.40. The smallest absolute Gasteiger partial charge is 0.249 e. The van der Waals surface area contributed by atoms with Crippen LogP contribution in [0, 0.1) is 0 Å². The lowest BCUT2D eigenvalue weighted by molar-refractivity contribution is -0.133. The first-order chi connectivity index (χ1) is 10.5. The summed E-state index contributed by atoms with van der Waals surface area (Å²) in [6.45, 7) is 4.03. The molecular weight excluding hydrogens is 304 g/mol. The van der Waals surface area contributed by atoms with Gasteiger partial charge in [-0.05, 0) is 31.7 Å². The molecule has 1 fully saturated rings. The number of morpholine rings is 1. The van der Waals surface area contributed by atoms with Crippen molar-refractivity contribution in [1.82, 2.24) is 10.2 Å². The van der Waals surface area contributed by atoms with Crippen molar-refractivity contribution in [2.45, 2.75) is 25.2 Å². The Morgan fingerprint density at radius 1 is 1.45 bits per heavy atom. The highest BCUT2D eigenvalue weighted by Crippen LogP contribution is 2.24. The molecular formula is C16H23ClN2O3. The van der Waals surface area contributed by atoms with Gasteiger partial charge in [0.25, 0.3) is 0 Å². The van der Waals surface area contributed by atoms with Crippen molar-refractivity contribution in [1.29, 1.82) is 0 Å². The molecule has 3 atom stereocenters. The van der Waals surface area contributed by atoms with Crippen LogP contribution >= 0.6 is 11.6 Å². The molecule has 122 valence electrons. The number of amides is 1. The van der Waals surface area contributed by atoms with E-state index in [2.05, 4.69) is 10.2 Å². The number of hydrogen-bond acceptors (Lipinski definition) is 4. The quantitative estimate of drug-likeness (QED) is 0.897. The number of carbonyl (C=O) groups is 1. The topological polar surface area (TPSA) is 50.8 Å². The molecule has 1 aromatic rings. The lowest BCUT2D eigenvalue weighted by Gasteiger charge is -2.36. The molecule has 22 heavy (non-hydrogen) atoms. The molecule has 1 heterocycles. The van der Waals surface area contributed by atoms with E-state index < -0.39 is 6.10 Å². The third-order valence-corrected chi connectivity index (χ3v) is 4.17. The molecule has 1 aliphatic heterocycles. The van der Waals surface area contributed by atoms with Gasteiger partial charge in [-0.1, -0.05) is 23.7 Å². The van der Waals surface area contributed by atoms with E-state index in [1.54, 1.807) is 6.92 Å². The van der Waals surface area contributed by atoms with Crippen molar-refractivity contribution in [2.24, 2.45) is 0 Å². The van der Waals surface area contributed by atoms with E-state index in [-0.39, 0.29) is 18.1 Å². The van der Waals surface area contributed by atoms with Crippen molar-refractivity contribution in [3.63, 3.8) is 0 Å². The first kappa shape index (κ1) is 17.2. The van der Waals surface area contributed by atoms with E-state index in [1.807, 2.05) is 31.3 Å². The number of benzene rings is 1. The summed E-state index contributed by atoms with van der Waals surface area (Å²) in [7, 11) is 3.57. The number of hydrogen-bond donors (Lipinski definition) is 1. The highest BCUT2D eigenvalue weighted by molar-refractivity contribution is 6.30. The highest BCUT2D eigenvalue weighted by Gasteiger charge is 2.30. The number of nitrogens with zero attached hydrogens (tertiary/aromatic N) is 1. The largest absolute Gasteiger partial charge is 0.373 e. The lowest BCUT2D eigenvalue weighted by atomic mass is 9.99. The molecule has 0 aliphatic carbocycles. The average Bonchev–Trinajstić information content (AvgIpc) is 2.52. The van der Waals surface area contributed by atoms with Crippen LogP contribution in [-0.4, -0.2) is 56.9 Å². The van der Waals surface area contributed by atoms with Gasteiger partial charge >= 0.3 is 0 Å². The summed E-state index contributed by atoms with van der Waals surface area (Å²) in [6, 6.07) is 7.25. The Balaban J connectivity index is 2.19. The van der Waals surface area contributed by atoms with Gasteiger partial charge in [0, 0.05) is 25.2 Å². The van der Waals surface area contributed by atoms with E-state index in [0.29, 0.717) is 11.6 Å². The van der Waals surface area contributed by atoms with Crippen molar-refractivity contribution < 1.29 is 14.3 Å². The standard InChI is InChI=1S/C16H23ClN2O3/c1-11(21-3)16(20)18-15(12-4-6-13(17)7-5-12)14-10-19(2)8-9-22-14/h4-7,11,14-15H,8-10H2,1-3H3,(H,18,20)/t11-,14+,15-/m1/s1. The summed E-state index contributed by atoms with van der Waals surface area (Å²) in [4.78, 5) is 14.4. The number of halogens is 1. The van der Waals surface area contributed by atoms with Crippen LogP contribution in [-0.2, 0) is 14.3 Å². The molecule has 0 bridgehead atoms. The predicted molar refractivity (Wildman–Crippen MR) is 86.0 cm³/mol. The average molecular weight is 327 g/mol. The van der Waals surface area contributed by atoms with Crippen LogP contribution in [0.15, 0.2) is 24.3 Å². The fourth-order valence-corrected chi connectivity index (χ4v) is 2.58. The van der Waals surface area contributed by atoms with Gasteiger partial charge in [0.15, 0.2) is 0 Å². The number of carbonyl (C=O) groups excluding carboxylic acids is 1. The fraction of sp³-hybridized carbons (Fsp3) is 0.562. The Morgan fingerprint density at radius 2 is 2.14 bits per heavy atom. The molecule has 1 amide bonds. The van der Waals surface area contributed by atoms with Gasteiger partial charge in [-0.25, -0.2) is 0 Å². The molecule has 0 saturated carbocycles. The molecule has 0 unspecified atom stereocenters. The summed E-state index contributed by atoms with van der Waals surface area (Å²) in [6.07, 6.45) is -0.607. The van der Waals surface area contributed by atoms with Crippen molar-refractivity contribution in [3.05, 3.63) is 34.9 Å². The second-order valence-corrected chi connectivity index (χ2v) is 6.02. The van der Waals surface area contributed by atoms with Crippen LogP contribution in [0.4, 0.5) is 0 Å². The molecule has 2 rings (SSSR count). The van der Waals surface area contributed by atoms with Crippen molar-refractivity contribution >= 4 is 17.5 Å². The summed E-state index contributed by atoms with van der Waals surface area (Å²) < 4.78 is 11.0. The summed E-state index contributed by atoms with van der Waals surface area (Å²) in [5.74, 6) is -0.153. The van der Waals surface area contributed by atoms with Crippen molar-refractivity contribution in [3.8, 4) is 0 Å². The monoisotopic (exact) mass is 326 g/mol. The summed E-state index contributed by atoms with van der Waals surface area (Å²) in [5, 5.41) is 3.70. The molecule has 5 nitrogen and oxygen atoms in total. The number of nitrogens with one attached hydrogen (secondary N) is 1. The molecule has 0 aromatic heterocycles. The van der Waals surface area contributed by atoms with E-state index in [9.17, 15) is 4.79 Å². The number of rotatable bonds is 5. The zero-order valence-corrected chi connectivity index (χ0v) is 14.0. The van der Waals surface area contributed by atoms with Crippen LogP contribution in [0.1, 0.15) is 18.5 Å². The zero-order chi connectivity index (χ0) is 16.1. The van der Waals surface area contributed by atoms with Gasteiger partial charge in [0.2, 0.25) is 5.91 Å². The molecule has 0 spiro atoms. The van der Waals surface area contributed by atoms with Crippen LogP contribution in [0.2, 0.25) is 5.02 Å². The Labute approximate surface area is 136 Å². The minimum atomic E-state index is -0.504. The zero-order valence-electron chi connectivity index (χ0n) is 13.2. The maximum Gasteiger partial charge on any atom is 0.249 e. The Morgan fingerprint density at radius 3 is 2.73 bits per heavy atom. The minimum absolute atomic E-state index is 0.104. The SMILES string of the molecule is CO[C@H](C)C(=O)N[C@H](c1ccc(Cl)cc1)[C@@H]1CN(C)CCO1. The lowest BCUT2D eigenvalue weighted by Crippen LogP contribution is -2.49. The molecule has 1 N–H and O–H groups in total. The minimum Gasteiger partial charge on any atom is -0.373 e. The first-order valence-corrected chi connectivity index (χ1v) is 7.78. The predicted octanol–water partition coefficient (Wildman–Crippen LogP) is 1.86. The van der Waals surface area contributed by atoms with E-state index in [1.165, 1.54) is 7.11 Å². The van der Waals surface area contributed by atoms with Crippen LogP contribution in [0.5, 0.6) is 0 Å². The third-order valence-electron chi connectivity index (χ3n) is 3.92. The Bertz CT molecular complexity index is 495. The highest BCUT2D eigenvalue weighted by atomic mass is 35.5. The van der Waals surface area contributed by atoms with Crippen LogP contribution < -0.4 is 5.32 Å². The van der Waals surface area contributed by atoms with Gasteiger partial charge in [-0.3, -0.25) is 4.79 Å². The molecule has 1 saturated heterocycles. The molecule has 6 heteroatoms. The van der Waals surface area contributed by atoms with Gasteiger partial charge < -0.3 is 19.7 Å². The fourth-order valence-electron chi connectivity index (χ4n) is 2.45. The van der Waals surface area contributed by atoms with Gasteiger partial charge in [0.05, 0.1) is 18.8 Å². The third kappa shape index (κ3) is 4.43. The number of likely N-dealkylation sites (N-methyl/N-ethyl adjacent to an activating group) is 1. The number of methoxy groups -OCH3 is 1. The van der Waals surface area contributed by atoms with E-state index >= 15 is 0 Å². The molecule has 0 radical (unpaired) electrons. The van der Waals surface area contributed by atoms with Gasteiger partial charge in [0.1, 0.15) is 6.10 Å². The van der Waals surface area contributed by atoms with E-state index in [4.69, 9.17) is 21.1 Å². The van der Waals surface area contributed by atoms with Crippen LogP contribution in [0.25, 0.3) is 0 Å². The van der Waals surface area contributed by atoms with Crippen LogP contribution in [0.3, 0.4) is 0 Å². The second-order valence-electron chi connectivity index (χ2n) is 5.59. The Hall–Kier alpha value is -1.14. The van der Waals surface area contributed by atoms with Crippen molar-refractivity contribution in [2.75, 3.05) is 33.9 Å². The second kappa shape index (κ2) is 7.92. The molecule has 1 aliphatic rings.